The second-order valence-corrected chi connectivity index (χ2v) is 4.98. The highest BCUT2D eigenvalue weighted by Crippen LogP contribution is 2.05. The third-order valence-corrected chi connectivity index (χ3v) is 2.76. The lowest BCUT2D eigenvalue weighted by atomic mass is 10.2. The van der Waals surface area contributed by atoms with E-state index < -0.39 is 0 Å². The number of halogens is 1. The predicted molar refractivity (Wildman–Crippen MR) is 74.9 cm³/mol. The van der Waals surface area contributed by atoms with Crippen molar-refractivity contribution in [3.8, 4) is 0 Å². The summed E-state index contributed by atoms with van der Waals surface area (Å²) < 4.78 is 0. The summed E-state index contributed by atoms with van der Waals surface area (Å²) >= 11 is 3.51. The minimum Gasteiger partial charge on any atom is -0.295 e. The van der Waals surface area contributed by atoms with Crippen molar-refractivity contribution in [2.24, 2.45) is 0 Å². The zero-order valence-electron chi connectivity index (χ0n) is 10.1. The maximum Gasteiger partial charge on any atom is 0.0237 e. The smallest absolute Gasteiger partial charge is 0.0237 e. The van der Waals surface area contributed by atoms with E-state index >= 15 is 0 Å². The maximum absolute atomic E-state index is 3.51. The SMILES string of the molecule is CC(C)=CCN(CCBr)Cc1ccccc1. The molecule has 1 aromatic carbocycles. The van der Waals surface area contributed by atoms with Gasteiger partial charge in [-0.1, -0.05) is 57.9 Å². The quantitative estimate of drug-likeness (QED) is 0.566. The zero-order chi connectivity index (χ0) is 11.8. The molecule has 88 valence electrons. The molecule has 0 spiro atoms. The van der Waals surface area contributed by atoms with E-state index in [2.05, 4.69) is 71.1 Å². The van der Waals surface area contributed by atoms with E-state index in [1.807, 2.05) is 0 Å². The first-order chi connectivity index (χ1) is 7.72. The Hall–Kier alpha value is -0.600. The summed E-state index contributed by atoms with van der Waals surface area (Å²) in [6, 6.07) is 10.6. The van der Waals surface area contributed by atoms with E-state index in [9.17, 15) is 0 Å². The molecule has 0 fully saturated rings. The molecule has 0 saturated heterocycles. The molecule has 1 nitrogen and oxygen atoms in total. The molecule has 0 atom stereocenters. The summed E-state index contributed by atoms with van der Waals surface area (Å²) in [7, 11) is 0. The van der Waals surface area contributed by atoms with Gasteiger partial charge in [-0.25, -0.2) is 0 Å². The average Bonchev–Trinajstić information content (AvgIpc) is 2.27. The summed E-state index contributed by atoms with van der Waals surface area (Å²) in [5, 5.41) is 1.02. The van der Waals surface area contributed by atoms with Crippen LogP contribution in [0.5, 0.6) is 0 Å². The summed E-state index contributed by atoms with van der Waals surface area (Å²) in [6.07, 6.45) is 2.28. The van der Waals surface area contributed by atoms with Crippen LogP contribution in [0.2, 0.25) is 0 Å². The van der Waals surface area contributed by atoms with Crippen LogP contribution in [0.25, 0.3) is 0 Å². The van der Waals surface area contributed by atoms with Gasteiger partial charge in [-0.2, -0.15) is 0 Å². The fourth-order valence-electron chi connectivity index (χ4n) is 1.51. The Morgan fingerprint density at radius 2 is 1.94 bits per heavy atom. The van der Waals surface area contributed by atoms with E-state index in [0.717, 1.165) is 25.0 Å². The highest BCUT2D eigenvalue weighted by atomic mass is 79.9. The molecule has 0 radical (unpaired) electrons. The Morgan fingerprint density at radius 3 is 2.50 bits per heavy atom. The van der Waals surface area contributed by atoms with Crippen LogP contribution in [0.1, 0.15) is 19.4 Å². The molecule has 0 aliphatic rings. The maximum atomic E-state index is 3.51. The van der Waals surface area contributed by atoms with Crippen LogP contribution in [-0.2, 0) is 6.54 Å². The number of nitrogens with zero attached hydrogens (tertiary/aromatic N) is 1. The first-order valence-corrected chi connectivity index (χ1v) is 6.80. The van der Waals surface area contributed by atoms with E-state index in [0.29, 0.717) is 0 Å². The van der Waals surface area contributed by atoms with Crippen molar-refractivity contribution in [3.05, 3.63) is 47.5 Å². The molecule has 0 amide bonds. The molecular weight excluding hydrogens is 262 g/mol. The van der Waals surface area contributed by atoms with Crippen molar-refractivity contribution in [1.29, 1.82) is 0 Å². The summed E-state index contributed by atoms with van der Waals surface area (Å²) in [5.41, 5.74) is 2.76. The third-order valence-electron chi connectivity index (χ3n) is 2.41. The topological polar surface area (TPSA) is 3.24 Å². The predicted octanol–water partition coefficient (Wildman–Crippen LogP) is 3.85. The number of rotatable bonds is 6. The molecule has 0 aliphatic carbocycles. The Kier molecular flexibility index (Phi) is 6.43. The molecule has 1 rings (SSSR count). The Labute approximate surface area is 107 Å². The Bertz CT molecular complexity index is 315. The van der Waals surface area contributed by atoms with Gasteiger partial charge in [-0.05, 0) is 19.4 Å². The van der Waals surface area contributed by atoms with Crippen LogP contribution in [0.4, 0.5) is 0 Å². The van der Waals surface area contributed by atoms with Crippen LogP contribution in [0, 0.1) is 0 Å². The lowest BCUT2D eigenvalue weighted by Gasteiger charge is -2.19. The first-order valence-electron chi connectivity index (χ1n) is 5.68. The number of allylic oxidation sites excluding steroid dienone is 1. The van der Waals surface area contributed by atoms with Crippen molar-refractivity contribution >= 4 is 15.9 Å². The minimum absolute atomic E-state index is 1.02. The lowest BCUT2D eigenvalue weighted by molar-refractivity contribution is 0.314. The van der Waals surface area contributed by atoms with Crippen LogP contribution in [0.3, 0.4) is 0 Å². The van der Waals surface area contributed by atoms with Gasteiger partial charge in [0.15, 0.2) is 0 Å². The molecule has 1 aromatic rings. The van der Waals surface area contributed by atoms with Gasteiger partial charge in [0, 0.05) is 25.0 Å². The van der Waals surface area contributed by atoms with Gasteiger partial charge in [0.1, 0.15) is 0 Å². The number of hydrogen-bond acceptors (Lipinski definition) is 1. The normalized spacial score (nSPS) is 10.5. The van der Waals surface area contributed by atoms with Crippen molar-refractivity contribution < 1.29 is 0 Å². The van der Waals surface area contributed by atoms with Crippen LogP contribution in [0.15, 0.2) is 42.0 Å². The number of alkyl halides is 1. The Morgan fingerprint density at radius 1 is 1.25 bits per heavy atom. The van der Waals surface area contributed by atoms with Crippen molar-refractivity contribution in [2.75, 3.05) is 18.4 Å². The second-order valence-electron chi connectivity index (χ2n) is 4.19. The fraction of sp³-hybridized carbons (Fsp3) is 0.429. The summed E-state index contributed by atoms with van der Waals surface area (Å²) in [6.45, 7) is 7.43. The first kappa shape index (κ1) is 13.5. The molecule has 2 heteroatoms. The molecule has 0 bridgehead atoms. The summed E-state index contributed by atoms with van der Waals surface area (Å²) in [4.78, 5) is 2.44. The fourth-order valence-corrected chi connectivity index (χ4v) is 2.01. The molecular formula is C14H20BrN. The van der Waals surface area contributed by atoms with Gasteiger partial charge < -0.3 is 0 Å². The van der Waals surface area contributed by atoms with Crippen LogP contribution in [-0.4, -0.2) is 23.3 Å². The molecule has 0 unspecified atom stereocenters. The number of benzene rings is 1. The highest BCUT2D eigenvalue weighted by molar-refractivity contribution is 9.09. The zero-order valence-corrected chi connectivity index (χ0v) is 11.7. The Balaban J connectivity index is 2.54. The number of hydrogen-bond donors (Lipinski definition) is 0. The van der Waals surface area contributed by atoms with Gasteiger partial charge >= 0.3 is 0 Å². The molecule has 0 heterocycles. The van der Waals surface area contributed by atoms with Crippen LogP contribution < -0.4 is 0 Å². The summed E-state index contributed by atoms with van der Waals surface area (Å²) in [5.74, 6) is 0. The monoisotopic (exact) mass is 281 g/mol. The third kappa shape index (κ3) is 5.47. The van der Waals surface area contributed by atoms with E-state index in [-0.39, 0.29) is 0 Å². The molecule has 16 heavy (non-hydrogen) atoms. The molecule has 0 aromatic heterocycles. The van der Waals surface area contributed by atoms with Gasteiger partial charge in [0.25, 0.3) is 0 Å². The molecule has 0 aliphatic heterocycles. The van der Waals surface area contributed by atoms with E-state index in [1.165, 1.54) is 11.1 Å². The van der Waals surface area contributed by atoms with Crippen molar-refractivity contribution in [2.45, 2.75) is 20.4 Å². The van der Waals surface area contributed by atoms with E-state index in [4.69, 9.17) is 0 Å². The minimum atomic E-state index is 1.02. The second kappa shape index (κ2) is 7.64. The van der Waals surface area contributed by atoms with Gasteiger partial charge in [0.05, 0.1) is 0 Å². The van der Waals surface area contributed by atoms with Crippen molar-refractivity contribution in [3.63, 3.8) is 0 Å². The lowest BCUT2D eigenvalue weighted by Crippen LogP contribution is -2.25. The van der Waals surface area contributed by atoms with Gasteiger partial charge in [-0.15, -0.1) is 0 Å². The average molecular weight is 282 g/mol. The molecule has 0 saturated carbocycles. The standard InChI is InChI=1S/C14H20BrN/c1-13(2)8-10-16(11-9-15)12-14-6-4-3-5-7-14/h3-8H,9-12H2,1-2H3. The largest absolute Gasteiger partial charge is 0.295 e. The van der Waals surface area contributed by atoms with Gasteiger partial charge in [-0.3, -0.25) is 4.90 Å². The highest BCUT2D eigenvalue weighted by Gasteiger charge is 2.02. The molecule has 0 N–H and O–H groups in total. The van der Waals surface area contributed by atoms with Gasteiger partial charge in [0.2, 0.25) is 0 Å². The van der Waals surface area contributed by atoms with Crippen molar-refractivity contribution in [1.82, 2.24) is 4.90 Å². The van der Waals surface area contributed by atoms with Crippen LogP contribution >= 0.6 is 15.9 Å². The van der Waals surface area contributed by atoms with E-state index in [1.54, 1.807) is 0 Å².